The minimum Gasteiger partial charge on any atom is -0.492 e. The summed E-state index contributed by atoms with van der Waals surface area (Å²) in [6.07, 6.45) is 5.74. The first-order valence-electron chi connectivity index (χ1n) is 13.3. The number of esters is 1. The molecule has 0 bridgehead atoms. The predicted octanol–water partition coefficient (Wildman–Crippen LogP) is 5.55. The molecular weight excluding hydrogens is 541 g/mol. The van der Waals surface area contributed by atoms with Gasteiger partial charge in [-0.1, -0.05) is 11.6 Å². The number of hydrogen-bond donors (Lipinski definition) is 1. The summed E-state index contributed by atoms with van der Waals surface area (Å²) in [4.78, 5) is 22.8. The van der Waals surface area contributed by atoms with Crippen molar-refractivity contribution < 1.29 is 19.0 Å². The van der Waals surface area contributed by atoms with E-state index in [0.717, 1.165) is 55.2 Å². The van der Waals surface area contributed by atoms with Gasteiger partial charge in [0.15, 0.2) is 0 Å². The van der Waals surface area contributed by atoms with Crippen molar-refractivity contribution in [3.8, 4) is 17.2 Å². The molecule has 1 aromatic carbocycles. The molecule has 0 amide bonds. The molecular formula is C28H35Cl2N5O4. The van der Waals surface area contributed by atoms with E-state index in [9.17, 15) is 4.79 Å². The zero-order chi connectivity index (χ0) is 27.8. The molecule has 0 saturated carbocycles. The monoisotopic (exact) mass is 575 g/mol. The summed E-state index contributed by atoms with van der Waals surface area (Å²) in [6, 6.07) is 8.34. The Morgan fingerprint density at radius 1 is 1.00 bits per heavy atom. The number of nitrogens with one attached hydrogen (secondary N) is 1. The zero-order valence-corrected chi connectivity index (χ0v) is 24.1. The lowest BCUT2D eigenvalue weighted by Crippen LogP contribution is -2.39. The average molecular weight is 577 g/mol. The second-order valence-corrected chi connectivity index (χ2v) is 9.88. The quantitative estimate of drug-likeness (QED) is 0.171. The number of ether oxygens (including phenoxy) is 3. The average Bonchev–Trinajstić information content (AvgIpc) is 3.42. The molecule has 0 aliphatic carbocycles. The molecule has 0 atom stereocenters. The highest BCUT2D eigenvalue weighted by Crippen LogP contribution is 2.36. The summed E-state index contributed by atoms with van der Waals surface area (Å²) in [5.74, 6) is 1.70. The second kappa shape index (κ2) is 13.9. The van der Waals surface area contributed by atoms with Gasteiger partial charge >= 0.3 is 5.97 Å². The van der Waals surface area contributed by atoms with Gasteiger partial charge in [-0.2, -0.15) is 0 Å². The number of rotatable bonds is 12. The maximum absolute atomic E-state index is 12.1. The van der Waals surface area contributed by atoms with Crippen LogP contribution in [0.5, 0.6) is 11.5 Å². The Balaban J connectivity index is 1.44. The Kier molecular flexibility index (Phi) is 10.3. The number of carbonyl (C=O) groups excluding carboxylic acids is 1. The van der Waals surface area contributed by atoms with Crippen molar-refractivity contribution in [3.05, 3.63) is 58.2 Å². The van der Waals surface area contributed by atoms with Crippen molar-refractivity contribution in [2.24, 2.45) is 0 Å². The summed E-state index contributed by atoms with van der Waals surface area (Å²) >= 11 is 12.4. The largest absolute Gasteiger partial charge is 0.492 e. The number of piperidine rings is 1. The van der Waals surface area contributed by atoms with Crippen LogP contribution in [0.15, 0.2) is 36.7 Å². The molecule has 210 valence electrons. The lowest BCUT2D eigenvalue weighted by atomic mass is 10.0. The molecule has 0 spiro atoms. The molecule has 1 aliphatic heterocycles. The van der Waals surface area contributed by atoms with Crippen LogP contribution in [0.4, 0.5) is 5.82 Å². The fourth-order valence-electron chi connectivity index (χ4n) is 4.75. The third-order valence-electron chi connectivity index (χ3n) is 6.45. The summed E-state index contributed by atoms with van der Waals surface area (Å²) in [7, 11) is 0. The van der Waals surface area contributed by atoms with Crippen LogP contribution in [-0.2, 0) is 22.5 Å². The van der Waals surface area contributed by atoms with Gasteiger partial charge in [0.05, 0.1) is 26.2 Å². The molecule has 0 unspecified atom stereocenters. The van der Waals surface area contributed by atoms with Crippen LogP contribution in [0.25, 0.3) is 5.69 Å². The smallest absolute Gasteiger partial charge is 0.310 e. The summed E-state index contributed by atoms with van der Waals surface area (Å²) in [5.41, 5.74) is 2.54. The number of anilines is 1. The standard InChI is InChI=1S/C28H35Cl2N5O4/c1-4-37-22-15-19(16-23(38-5-2)25(22)35-11-7-8-12-35)18-34-13-9-20(10-14-34)31-27-21(17-24(36)39-6-3)26(29)32-28(30)33-27/h7-8,11-12,15-16,20H,4-6,9-10,13-14,17-18H2,1-3H3,(H,31,32,33). The van der Waals surface area contributed by atoms with Gasteiger partial charge in [0, 0.05) is 43.6 Å². The van der Waals surface area contributed by atoms with Gasteiger partial charge in [-0.25, -0.2) is 9.97 Å². The van der Waals surface area contributed by atoms with Crippen molar-refractivity contribution >= 4 is 35.0 Å². The van der Waals surface area contributed by atoms with Crippen molar-refractivity contribution in [2.75, 3.05) is 38.2 Å². The van der Waals surface area contributed by atoms with E-state index < -0.39 is 0 Å². The Morgan fingerprint density at radius 2 is 1.64 bits per heavy atom. The first kappa shape index (κ1) is 29.0. The van der Waals surface area contributed by atoms with Crippen molar-refractivity contribution in [1.82, 2.24) is 19.4 Å². The third-order valence-corrected chi connectivity index (χ3v) is 6.93. The van der Waals surface area contributed by atoms with E-state index in [-0.39, 0.29) is 28.9 Å². The third kappa shape index (κ3) is 7.56. The van der Waals surface area contributed by atoms with Crippen LogP contribution in [0, 0.1) is 0 Å². The van der Waals surface area contributed by atoms with Crippen LogP contribution in [-0.4, -0.2) is 64.4 Å². The molecule has 9 nitrogen and oxygen atoms in total. The van der Waals surface area contributed by atoms with Crippen LogP contribution in [0.1, 0.15) is 44.7 Å². The predicted molar refractivity (Wildman–Crippen MR) is 152 cm³/mol. The SMILES string of the molecule is CCOC(=O)Cc1c(Cl)nc(Cl)nc1NC1CCN(Cc2cc(OCC)c(-n3cccc3)c(OCC)c2)CC1. The van der Waals surface area contributed by atoms with Crippen molar-refractivity contribution in [1.29, 1.82) is 0 Å². The maximum Gasteiger partial charge on any atom is 0.310 e. The highest BCUT2D eigenvalue weighted by molar-refractivity contribution is 6.32. The number of halogens is 2. The second-order valence-electron chi connectivity index (χ2n) is 9.18. The first-order chi connectivity index (χ1) is 18.9. The van der Waals surface area contributed by atoms with Crippen LogP contribution in [0.3, 0.4) is 0 Å². The van der Waals surface area contributed by atoms with Gasteiger partial charge in [-0.05, 0) is 75.0 Å². The molecule has 1 fully saturated rings. The summed E-state index contributed by atoms with van der Waals surface area (Å²) in [5, 5.41) is 3.63. The summed E-state index contributed by atoms with van der Waals surface area (Å²) in [6.45, 7) is 9.69. The van der Waals surface area contributed by atoms with Crippen molar-refractivity contribution in [3.63, 3.8) is 0 Å². The lowest BCUT2D eigenvalue weighted by Gasteiger charge is -2.33. The topological polar surface area (TPSA) is 90.7 Å². The highest BCUT2D eigenvalue weighted by atomic mass is 35.5. The van der Waals surface area contributed by atoms with E-state index in [1.807, 2.05) is 42.9 Å². The van der Waals surface area contributed by atoms with Gasteiger partial charge in [0.2, 0.25) is 5.28 Å². The van der Waals surface area contributed by atoms with E-state index in [0.29, 0.717) is 31.2 Å². The molecule has 4 rings (SSSR count). The Bertz CT molecular complexity index is 1220. The Morgan fingerprint density at radius 3 is 2.23 bits per heavy atom. The number of benzene rings is 1. The highest BCUT2D eigenvalue weighted by Gasteiger charge is 2.24. The Labute approximate surface area is 239 Å². The molecule has 2 aromatic heterocycles. The molecule has 3 aromatic rings. The van der Waals surface area contributed by atoms with E-state index in [1.165, 1.54) is 0 Å². The number of carbonyl (C=O) groups is 1. The van der Waals surface area contributed by atoms with Crippen molar-refractivity contribution in [2.45, 2.75) is 52.6 Å². The normalized spacial score (nSPS) is 14.3. The molecule has 0 radical (unpaired) electrons. The first-order valence-corrected chi connectivity index (χ1v) is 14.1. The van der Waals surface area contributed by atoms with E-state index in [1.54, 1.807) is 6.92 Å². The molecule has 3 heterocycles. The van der Waals surface area contributed by atoms with Crippen LogP contribution < -0.4 is 14.8 Å². The minimum atomic E-state index is -0.385. The molecule has 1 N–H and O–H groups in total. The van der Waals surface area contributed by atoms with Gasteiger partial charge in [-0.15, -0.1) is 0 Å². The van der Waals surface area contributed by atoms with Gasteiger partial charge in [0.1, 0.15) is 28.2 Å². The lowest BCUT2D eigenvalue weighted by molar-refractivity contribution is -0.142. The number of aromatic nitrogens is 3. The molecule has 1 aliphatic rings. The van der Waals surface area contributed by atoms with E-state index in [2.05, 4.69) is 32.3 Å². The Hall–Kier alpha value is -3.01. The minimum absolute atomic E-state index is 0.0195. The van der Waals surface area contributed by atoms with E-state index >= 15 is 0 Å². The number of hydrogen-bond acceptors (Lipinski definition) is 8. The number of nitrogens with zero attached hydrogens (tertiary/aromatic N) is 4. The summed E-state index contributed by atoms with van der Waals surface area (Å²) < 4.78 is 19.2. The zero-order valence-electron chi connectivity index (χ0n) is 22.6. The molecule has 11 heteroatoms. The maximum atomic E-state index is 12.1. The van der Waals surface area contributed by atoms with Gasteiger partial charge < -0.3 is 24.1 Å². The van der Waals surface area contributed by atoms with Gasteiger partial charge in [0.25, 0.3) is 0 Å². The fraction of sp³-hybridized carbons (Fsp3) is 0.464. The van der Waals surface area contributed by atoms with Crippen LogP contribution in [0.2, 0.25) is 10.4 Å². The number of likely N-dealkylation sites (tertiary alicyclic amines) is 1. The van der Waals surface area contributed by atoms with E-state index in [4.69, 9.17) is 37.4 Å². The van der Waals surface area contributed by atoms with Crippen LogP contribution >= 0.6 is 23.2 Å². The molecule has 1 saturated heterocycles. The molecule has 39 heavy (non-hydrogen) atoms. The fourth-order valence-corrected chi connectivity index (χ4v) is 5.20. The van der Waals surface area contributed by atoms with Gasteiger partial charge in [-0.3, -0.25) is 9.69 Å².